The minimum Gasteiger partial charge on any atom is -0.483 e. The van der Waals surface area contributed by atoms with Gasteiger partial charge in [0.1, 0.15) is 11.6 Å². The number of hydrogen-bond acceptors (Lipinski definition) is 5. The van der Waals surface area contributed by atoms with E-state index in [4.69, 9.17) is 9.72 Å². The summed E-state index contributed by atoms with van der Waals surface area (Å²) in [7, 11) is 0. The van der Waals surface area contributed by atoms with Crippen LogP contribution in [0, 0.1) is 6.92 Å². The van der Waals surface area contributed by atoms with Crippen molar-refractivity contribution in [2.24, 2.45) is 5.10 Å². The normalized spacial score (nSPS) is 14.2. The molecule has 0 saturated heterocycles. The predicted octanol–water partition coefficient (Wildman–Crippen LogP) is 6.41. The Labute approximate surface area is 229 Å². The first kappa shape index (κ1) is 25.9. The second kappa shape index (κ2) is 11.7. The van der Waals surface area contributed by atoms with Gasteiger partial charge in [-0.15, -0.1) is 0 Å². The number of nitrogens with zero attached hydrogens (tertiary/aromatic N) is 3. The van der Waals surface area contributed by atoms with Gasteiger partial charge in [-0.1, -0.05) is 65.0 Å². The molecule has 5 rings (SSSR count). The van der Waals surface area contributed by atoms with E-state index < -0.39 is 0 Å². The van der Waals surface area contributed by atoms with Crippen LogP contribution in [0.2, 0.25) is 0 Å². The van der Waals surface area contributed by atoms with Crippen LogP contribution >= 0.6 is 15.9 Å². The van der Waals surface area contributed by atoms with E-state index in [0.717, 1.165) is 35.7 Å². The van der Waals surface area contributed by atoms with Gasteiger partial charge in [0.25, 0.3) is 11.5 Å². The molecule has 1 N–H and O–H groups in total. The Hall–Kier alpha value is -3.78. The maximum absolute atomic E-state index is 13.5. The summed E-state index contributed by atoms with van der Waals surface area (Å²) in [5.74, 6) is 1.09. The predicted molar refractivity (Wildman–Crippen MR) is 154 cm³/mol. The number of fused-ring (bicyclic) bond motifs is 1. The number of nitrogens with one attached hydrogen (secondary N) is 1. The average molecular weight is 573 g/mol. The number of aromatic nitrogens is 2. The first-order valence-corrected chi connectivity index (χ1v) is 13.6. The van der Waals surface area contributed by atoms with E-state index in [9.17, 15) is 9.59 Å². The monoisotopic (exact) mass is 572 g/mol. The summed E-state index contributed by atoms with van der Waals surface area (Å²) in [4.78, 5) is 30.8. The van der Waals surface area contributed by atoms with Gasteiger partial charge >= 0.3 is 0 Å². The topological polar surface area (TPSA) is 85.6 Å². The summed E-state index contributed by atoms with van der Waals surface area (Å²) in [6.45, 7) is 1.83. The number of rotatable bonds is 7. The molecule has 0 aliphatic heterocycles. The van der Waals surface area contributed by atoms with Gasteiger partial charge in [0, 0.05) is 21.6 Å². The molecule has 0 spiro atoms. The lowest BCUT2D eigenvalue weighted by atomic mass is 9.88. The van der Waals surface area contributed by atoms with Crippen molar-refractivity contribution >= 4 is 44.6 Å². The van der Waals surface area contributed by atoms with Gasteiger partial charge in [-0.3, -0.25) is 9.59 Å². The van der Waals surface area contributed by atoms with Gasteiger partial charge < -0.3 is 10.1 Å². The van der Waals surface area contributed by atoms with E-state index in [1.54, 1.807) is 18.3 Å². The van der Waals surface area contributed by atoms with Crippen LogP contribution in [-0.4, -0.2) is 28.4 Å². The van der Waals surface area contributed by atoms with Gasteiger partial charge in [-0.05, 0) is 62.2 Å². The van der Waals surface area contributed by atoms with Gasteiger partial charge in [0.2, 0.25) is 0 Å². The Morgan fingerprint density at radius 1 is 1.11 bits per heavy atom. The first-order chi connectivity index (χ1) is 18.5. The van der Waals surface area contributed by atoms with Crippen molar-refractivity contribution in [1.29, 1.82) is 0 Å². The van der Waals surface area contributed by atoms with Crippen molar-refractivity contribution in [2.75, 3.05) is 11.9 Å². The Bertz CT molecular complexity index is 1540. The molecule has 194 valence electrons. The summed E-state index contributed by atoms with van der Waals surface area (Å²) in [6.07, 6.45) is 7.01. The number of carbonyl (C=O) groups excluding carboxylic acids is 1. The van der Waals surface area contributed by atoms with Crippen LogP contribution in [0.5, 0.6) is 5.75 Å². The van der Waals surface area contributed by atoms with Crippen molar-refractivity contribution in [1.82, 2.24) is 9.66 Å². The summed E-state index contributed by atoms with van der Waals surface area (Å²) < 4.78 is 8.12. The minimum atomic E-state index is -0.269. The zero-order valence-electron chi connectivity index (χ0n) is 21.2. The number of aryl methyl sites for hydroxylation is 1. The molecular weight excluding hydrogens is 544 g/mol. The molecule has 1 aliphatic carbocycles. The summed E-state index contributed by atoms with van der Waals surface area (Å²) in [5, 5.41) is 7.99. The summed E-state index contributed by atoms with van der Waals surface area (Å²) >= 11 is 3.50. The number of anilines is 1. The van der Waals surface area contributed by atoms with Crippen LogP contribution in [0.4, 0.5) is 5.69 Å². The third-order valence-corrected chi connectivity index (χ3v) is 7.22. The Morgan fingerprint density at radius 3 is 2.66 bits per heavy atom. The fourth-order valence-electron chi connectivity index (χ4n) is 4.73. The quantitative estimate of drug-likeness (QED) is 0.259. The highest BCUT2D eigenvalue weighted by atomic mass is 79.9. The van der Waals surface area contributed by atoms with E-state index in [-0.39, 0.29) is 24.0 Å². The van der Waals surface area contributed by atoms with Crippen molar-refractivity contribution in [2.45, 2.75) is 44.9 Å². The Balaban J connectivity index is 1.42. The number of ether oxygens (including phenoxy) is 1. The van der Waals surface area contributed by atoms with E-state index >= 15 is 0 Å². The van der Waals surface area contributed by atoms with E-state index in [1.807, 2.05) is 61.5 Å². The minimum absolute atomic E-state index is 0.166. The number of hydrogen-bond donors (Lipinski definition) is 1. The fourth-order valence-corrected chi connectivity index (χ4v) is 5.11. The Morgan fingerprint density at radius 2 is 1.87 bits per heavy atom. The van der Waals surface area contributed by atoms with Crippen molar-refractivity contribution < 1.29 is 9.53 Å². The average Bonchev–Trinajstić information content (AvgIpc) is 2.93. The van der Waals surface area contributed by atoms with E-state index in [2.05, 4.69) is 26.3 Å². The van der Waals surface area contributed by atoms with E-state index in [0.29, 0.717) is 33.7 Å². The molecule has 7 nitrogen and oxygen atoms in total. The van der Waals surface area contributed by atoms with Crippen LogP contribution in [-0.2, 0) is 4.79 Å². The molecule has 38 heavy (non-hydrogen) atoms. The first-order valence-electron chi connectivity index (χ1n) is 12.8. The summed E-state index contributed by atoms with van der Waals surface area (Å²) in [6, 6.07) is 20.4. The molecule has 1 aliphatic rings. The van der Waals surface area contributed by atoms with Crippen molar-refractivity contribution in [3.8, 4) is 5.75 Å². The number of amides is 1. The van der Waals surface area contributed by atoms with Crippen LogP contribution in [0.3, 0.4) is 0 Å². The molecule has 8 heteroatoms. The maximum atomic E-state index is 13.5. The molecule has 1 saturated carbocycles. The van der Waals surface area contributed by atoms with Gasteiger partial charge in [-0.25, -0.2) is 4.98 Å². The lowest BCUT2D eigenvalue weighted by Gasteiger charge is -2.22. The molecule has 1 fully saturated rings. The zero-order chi connectivity index (χ0) is 26.5. The fraction of sp³-hybridized carbons (Fsp3) is 0.267. The van der Waals surface area contributed by atoms with Crippen LogP contribution < -0.4 is 15.6 Å². The SMILES string of the molecule is Cc1ccc(NC(=O)COc2ccc(Br)cc2C=Nn2c(C3CCCCC3)nc3ccccc3c2=O)cc1. The van der Waals surface area contributed by atoms with Crippen LogP contribution in [0.25, 0.3) is 10.9 Å². The number of halogens is 1. The number of benzene rings is 3. The second-order valence-corrected chi connectivity index (χ2v) is 10.5. The number of para-hydroxylation sites is 1. The molecule has 1 heterocycles. The van der Waals surface area contributed by atoms with Crippen molar-refractivity contribution in [3.05, 3.63) is 98.5 Å². The molecule has 1 aromatic heterocycles. The summed E-state index contributed by atoms with van der Waals surface area (Å²) in [5.41, 5.74) is 2.96. The molecule has 0 radical (unpaired) electrons. The van der Waals surface area contributed by atoms with Gasteiger partial charge in [0.05, 0.1) is 17.1 Å². The third kappa shape index (κ3) is 6.02. The molecule has 4 aromatic rings. The number of carbonyl (C=O) groups is 1. The third-order valence-electron chi connectivity index (χ3n) is 6.73. The zero-order valence-corrected chi connectivity index (χ0v) is 22.8. The molecule has 0 atom stereocenters. The van der Waals surface area contributed by atoms with Crippen molar-refractivity contribution in [3.63, 3.8) is 0 Å². The van der Waals surface area contributed by atoms with E-state index in [1.165, 1.54) is 11.1 Å². The highest BCUT2D eigenvalue weighted by Crippen LogP contribution is 2.32. The van der Waals surface area contributed by atoms with Gasteiger partial charge in [-0.2, -0.15) is 9.78 Å². The largest absolute Gasteiger partial charge is 0.483 e. The lowest BCUT2D eigenvalue weighted by molar-refractivity contribution is -0.118. The van der Waals surface area contributed by atoms with Gasteiger partial charge in [0.15, 0.2) is 6.61 Å². The highest BCUT2D eigenvalue weighted by Gasteiger charge is 2.22. The Kier molecular flexibility index (Phi) is 7.98. The molecule has 1 amide bonds. The highest BCUT2D eigenvalue weighted by molar-refractivity contribution is 9.10. The smallest absolute Gasteiger partial charge is 0.282 e. The maximum Gasteiger partial charge on any atom is 0.282 e. The standard InChI is InChI=1S/C30H29BrN4O3/c1-20-11-14-24(15-12-20)33-28(36)19-38-27-16-13-23(31)17-22(27)18-32-35-29(21-7-3-2-4-8-21)34-26-10-6-5-9-25(26)30(35)37/h5-6,9-18,21H,2-4,7-8,19H2,1H3,(H,33,36). The molecular formula is C30H29BrN4O3. The molecule has 0 bridgehead atoms. The van der Waals surface area contributed by atoms with Crippen LogP contribution in [0.15, 0.2) is 81.1 Å². The molecule has 3 aromatic carbocycles. The second-order valence-electron chi connectivity index (χ2n) is 9.57. The lowest BCUT2D eigenvalue weighted by Crippen LogP contribution is -2.25. The molecule has 0 unspecified atom stereocenters. The van der Waals surface area contributed by atoms with Crippen LogP contribution in [0.1, 0.15) is 55.0 Å².